The third-order valence-corrected chi connectivity index (χ3v) is 13.5. The van der Waals surface area contributed by atoms with Gasteiger partial charge in [0, 0.05) is 19.3 Å². The van der Waals surface area contributed by atoms with Gasteiger partial charge in [-0.05, 0) is 122 Å². The maximum atomic E-state index is 12.9. The smallest absolute Gasteiger partial charge is 0.306 e. The predicted octanol–water partition coefficient (Wildman–Crippen LogP) is 22.9. The minimum absolute atomic E-state index is 0.123. The van der Waals surface area contributed by atoms with Crippen LogP contribution in [0, 0.1) is 0 Å². The average Bonchev–Trinajstić information content (AvgIpc) is 3.47. The molecule has 0 aliphatic carbocycles. The quantitative estimate of drug-likeness (QED) is 0.0261. The van der Waals surface area contributed by atoms with Crippen LogP contribution in [-0.2, 0) is 28.6 Å². The molecule has 6 heteroatoms. The Kier molecular flexibility index (Phi) is 63.4. The second kappa shape index (κ2) is 67.5. The summed E-state index contributed by atoms with van der Waals surface area (Å²) in [4.78, 5) is 38.3. The number of allylic oxidation sites excluding steroid dienone is 26. The second-order valence-corrected chi connectivity index (χ2v) is 21.3. The van der Waals surface area contributed by atoms with Gasteiger partial charge in [0.1, 0.15) is 13.2 Å². The van der Waals surface area contributed by atoms with Crippen LogP contribution >= 0.6 is 0 Å². The van der Waals surface area contributed by atoms with Gasteiger partial charge >= 0.3 is 17.9 Å². The van der Waals surface area contributed by atoms with Crippen molar-refractivity contribution in [3.63, 3.8) is 0 Å². The molecular weight excluding hydrogens is 997 g/mol. The molecule has 0 aromatic heterocycles. The van der Waals surface area contributed by atoms with E-state index in [2.05, 4.69) is 179 Å². The van der Waals surface area contributed by atoms with Crippen LogP contribution in [0.2, 0.25) is 0 Å². The Hall–Kier alpha value is -4.97. The van der Waals surface area contributed by atoms with Gasteiger partial charge in [0.05, 0.1) is 0 Å². The fourth-order valence-corrected chi connectivity index (χ4v) is 8.67. The van der Waals surface area contributed by atoms with Crippen molar-refractivity contribution < 1.29 is 28.6 Å². The molecule has 456 valence electrons. The lowest BCUT2D eigenvalue weighted by Crippen LogP contribution is -2.30. The van der Waals surface area contributed by atoms with Gasteiger partial charge in [0.15, 0.2) is 6.10 Å². The molecule has 0 aliphatic rings. The zero-order chi connectivity index (χ0) is 58.5. The van der Waals surface area contributed by atoms with E-state index in [1.54, 1.807) is 0 Å². The average molecular weight is 1120 g/mol. The summed E-state index contributed by atoms with van der Waals surface area (Å²) >= 11 is 0. The monoisotopic (exact) mass is 1120 g/mol. The van der Waals surface area contributed by atoms with Crippen LogP contribution in [0.25, 0.3) is 0 Å². The SMILES string of the molecule is CC/C=C\C/C=C\C/C=C\C/C=C\C/C=C\C/C=C\C/C=C\C/C=C\CCCCC(=O)OCC(COC(=O)CCC/C=C\C/C=C\C/C=C\C/C=C\C/C=C\CC)OC(=O)CCCCCCCCCCCCCCCCCCCCC. The standard InChI is InChI=1S/C75H120O6/c1-4-7-10-13-16-19-22-25-28-31-33-34-35-36-37-38-39-40-42-44-47-50-53-56-59-62-65-68-74(77)80-71-72(70-79-73(76)67-64-61-58-55-52-49-46-43-30-27-24-21-18-15-12-9-6-3)81-75(78)69-66-63-60-57-54-51-48-45-41-32-29-26-23-20-17-14-11-8-5-2/h7,9-10,12,16,18-19,21,25,27-28,30,33-34,36-37,39-40,44,46-47,49,53,55-56,58,72H,4-6,8,11,13-15,17,20,22-24,26,29,31-32,35,38,41-43,45,48,50-52,54,57,59-71H2,1-3H3/b10-7-,12-9-,19-16-,21-18-,28-25-,30-27-,34-33-,37-36-,40-39-,47-44-,49-46-,56-53-,58-55-. The van der Waals surface area contributed by atoms with E-state index in [4.69, 9.17) is 14.2 Å². The van der Waals surface area contributed by atoms with Crippen molar-refractivity contribution in [2.75, 3.05) is 13.2 Å². The summed E-state index contributed by atoms with van der Waals surface area (Å²) in [7, 11) is 0. The van der Waals surface area contributed by atoms with Crippen molar-refractivity contribution >= 4 is 17.9 Å². The van der Waals surface area contributed by atoms with Crippen LogP contribution in [-0.4, -0.2) is 37.2 Å². The van der Waals surface area contributed by atoms with Crippen molar-refractivity contribution in [3.05, 3.63) is 158 Å². The molecule has 0 rings (SSSR count). The van der Waals surface area contributed by atoms with Crippen LogP contribution in [0.4, 0.5) is 0 Å². The molecule has 0 bridgehead atoms. The summed E-state index contributed by atoms with van der Waals surface area (Å²) in [6.45, 7) is 6.34. The first-order chi connectivity index (χ1) is 40.0. The highest BCUT2D eigenvalue weighted by atomic mass is 16.6. The maximum absolute atomic E-state index is 12.9. The first-order valence-corrected chi connectivity index (χ1v) is 33.0. The van der Waals surface area contributed by atoms with Crippen LogP contribution in [0.5, 0.6) is 0 Å². The Morgan fingerprint density at radius 3 is 0.802 bits per heavy atom. The van der Waals surface area contributed by atoms with Crippen molar-refractivity contribution in [1.29, 1.82) is 0 Å². The number of carbonyl (C=O) groups is 3. The molecule has 0 radical (unpaired) electrons. The molecule has 1 unspecified atom stereocenters. The van der Waals surface area contributed by atoms with E-state index >= 15 is 0 Å². The predicted molar refractivity (Wildman–Crippen MR) is 352 cm³/mol. The van der Waals surface area contributed by atoms with Crippen LogP contribution in [0.1, 0.15) is 278 Å². The minimum Gasteiger partial charge on any atom is -0.462 e. The Bertz CT molecular complexity index is 1810. The van der Waals surface area contributed by atoms with Crippen molar-refractivity contribution in [2.24, 2.45) is 0 Å². The Morgan fingerprint density at radius 1 is 0.259 bits per heavy atom. The van der Waals surface area contributed by atoms with Crippen molar-refractivity contribution in [2.45, 2.75) is 284 Å². The second-order valence-electron chi connectivity index (χ2n) is 21.3. The van der Waals surface area contributed by atoms with Gasteiger partial charge in [-0.15, -0.1) is 0 Å². The van der Waals surface area contributed by atoms with E-state index in [0.717, 1.165) is 122 Å². The van der Waals surface area contributed by atoms with Crippen LogP contribution in [0.15, 0.2) is 158 Å². The summed E-state index contributed by atoms with van der Waals surface area (Å²) < 4.78 is 16.9. The molecule has 0 saturated carbocycles. The molecule has 0 N–H and O–H groups in total. The topological polar surface area (TPSA) is 78.9 Å². The summed E-state index contributed by atoms with van der Waals surface area (Å²) in [5, 5.41) is 0. The van der Waals surface area contributed by atoms with Crippen LogP contribution in [0.3, 0.4) is 0 Å². The molecule has 81 heavy (non-hydrogen) atoms. The summed E-state index contributed by atoms with van der Waals surface area (Å²) in [5.41, 5.74) is 0. The highest BCUT2D eigenvalue weighted by Crippen LogP contribution is 2.16. The molecule has 6 nitrogen and oxygen atoms in total. The molecule has 0 aromatic rings. The molecule has 0 aromatic carbocycles. The van der Waals surface area contributed by atoms with Gasteiger partial charge in [-0.1, -0.05) is 294 Å². The third-order valence-electron chi connectivity index (χ3n) is 13.5. The highest BCUT2D eigenvalue weighted by Gasteiger charge is 2.19. The van der Waals surface area contributed by atoms with Gasteiger partial charge < -0.3 is 14.2 Å². The molecule has 0 amide bonds. The highest BCUT2D eigenvalue weighted by molar-refractivity contribution is 5.71. The van der Waals surface area contributed by atoms with E-state index in [1.807, 2.05) is 0 Å². The zero-order valence-corrected chi connectivity index (χ0v) is 52.2. The minimum atomic E-state index is -0.827. The number of esters is 3. The molecule has 0 saturated heterocycles. The number of unbranched alkanes of at least 4 members (excludes halogenated alkanes) is 21. The fourth-order valence-electron chi connectivity index (χ4n) is 8.67. The van der Waals surface area contributed by atoms with Gasteiger partial charge in [-0.3, -0.25) is 14.4 Å². The Labute approximate surface area is 499 Å². The lowest BCUT2D eigenvalue weighted by Gasteiger charge is -2.18. The molecular formula is C75H120O6. The summed E-state index contributed by atoms with van der Waals surface area (Å²) in [6.07, 6.45) is 98.3. The van der Waals surface area contributed by atoms with Gasteiger partial charge in [0.25, 0.3) is 0 Å². The van der Waals surface area contributed by atoms with E-state index < -0.39 is 6.10 Å². The Balaban J connectivity index is 4.53. The lowest BCUT2D eigenvalue weighted by atomic mass is 10.0. The lowest BCUT2D eigenvalue weighted by molar-refractivity contribution is -0.167. The number of hydrogen-bond donors (Lipinski definition) is 0. The molecule has 0 heterocycles. The largest absolute Gasteiger partial charge is 0.462 e. The number of ether oxygens (including phenoxy) is 3. The fraction of sp³-hybridized carbons (Fsp3) is 0.613. The summed E-state index contributed by atoms with van der Waals surface area (Å²) in [5.74, 6) is -1.02. The van der Waals surface area contributed by atoms with Gasteiger partial charge in [0.2, 0.25) is 0 Å². The number of hydrogen-bond acceptors (Lipinski definition) is 6. The molecule has 1 atom stereocenters. The Morgan fingerprint density at radius 2 is 0.494 bits per heavy atom. The zero-order valence-electron chi connectivity index (χ0n) is 52.2. The van der Waals surface area contributed by atoms with Crippen molar-refractivity contribution in [3.8, 4) is 0 Å². The number of rotatable bonds is 58. The van der Waals surface area contributed by atoms with Crippen LogP contribution < -0.4 is 0 Å². The number of carbonyl (C=O) groups excluding carboxylic acids is 3. The maximum Gasteiger partial charge on any atom is 0.306 e. The normalized spacial score (nSPS) is 13.2. The molecule has 0 spiro atoms. The first kappa shape index (κ1) is 76.0. The van der Waals surface area contributed by atoms with E-state index in [-0.39, 0.29) is 44.0 Å². The van der Waals surface area contributed by atoms with E-state index in [9.17, 15) is 14.4 Å². The van der Waals surface area contributed by atoms with Gasteiger partial charge in [-0.2, -0.15) is 0 Å². The molecule has 0 aliphatic heterocycles. The summed E-state index contributed by atoms with van der Waals surface area (Å²) in [6, 6.07) is 0. The van der Waals surface area contributed by atoms with E-state index in [1.165, 1.54) is 103 Å². The van der Waals surface area contributed by atoms with Crippen molar-refractivity contribution in [1.82, 2.24) is 0 Å². The first-order valence-electron chi connectivity index (χ1n) is 33.0. The molecule has 0 fully saturated rings. The third kappa shape index (κ3) is 65.7. The van der Waals surface area contributed by atoms with Gasteiger partial charge in [-0.25, -0.2) is 0 Å². The van der Waals surface area contributed by atoms with E-state index in [0.29, 0.717) is 19.3 Å².